The molecule has 0 aromatic heterocycles. The number of benzene rings is 1. The number of halogens is 1. The quantitative estimate of drug-likeness (QED) is 0.588. The predicted molar refractivity (Wildman–Crippen MR) is 88.3 cm³/mol. The first-order valence-electron chi connectivity index (χ1n) is 6.68. The van der Waals surface area contributed by atoms with Crippen LogP contribution in [0.4, 0.5) is 0 Å². The van der Waals surface area contributed by atoms with Crippen LogP contribution in [0.25, 0.3) is 0 Å². The first-order chi connectivity index (χ1) is 9.92. The van der Waals surface area contributed by atoms with Crippen molar-refractivity contribution in [2.24, 2.45) is 5.92 Å². The first-order valence-corrected chi connectivity index (χ1v) is 8.45. The van der Waals surface area contributed by atoms with Crippen molar-refractivity contribution in [2.45, 2.75) is 31.2 Å². The summed E-state index contributed by atoms with van der Waals surface area (Å²) in [6, 6.07) is 7.15. The van der Waals surface area contributed by atoms with Crippen LogP contribution in [0.3, 0.4) is 0 Å². The molecule has 1 aromatic carbocycles. The molecule has 0 aliphatic rings. The van der Waals surface area contributed by atoms with Crippen LogP contribution >= 0.6 is 27.7 Å². The lowest BCUT2D eigenvalue weighted by molar-refractivity contribution is -0.145. The zero-order chi connectivity index (χ0) is 15.8. The topological polar surface area (TPSA) is 55.4 Å². The molecule has 1 aromatic rings. The molecule has 21 heavy (non-hydrogen) atoms. The summed E-state index contributed by atoms with van der Waals surface area (Å²) in [7, 11) is 1.33. The summed E-state index contributed by atoms with van der Waals surface area (Å²) in [6.07, 6.45) is 0.571. The molecule has 0 aliphatic carbocycles. The molecule has 1 N–H and O–H groups in total. The van der Waals surface area contributed by atoms with Crippen molar-refractivity contribution in [3.63, 3.8) is 0 Å². The van der Waals surface area contributed by atoms with Crippen LogP contribution in [0.5, 0.6) is 0 Å². The molecule has 0 heterocycles. The highest BCUT2D eigenvalue weighted by molar-refractivity contribution is 9.10. The van der Waals surface area contributed by atoms with Crippen LogP contribution in [0.2, 0.25) is 0 Å². The van der Waals surface area contributed by atoms with E-state index in [1.807, 2.05) is 38.1 Å². The van der Waals surface area contributed by atoms with Crippen LogP contribution in [-0.4, -0.2) is 30.8 Å². The van der Waals surface area contributed by atoms with E-state index < -0.39 is 12.0 Å². The Kier molecular flexibility index (Phi) is 7.82. The fourth-order valence-corrected chi connectivity index (χ4v) is 2.72. The lowest BCUT2D eigenvalue weighted by atomic mass is 10.0. The largest absolute Gasteiger partial charge is 0.467 e. The van der Waals surface area contributed by atoms with Crippen LogP contribution in [0.15, 0.2) is 33.6 Å². The minimum absolute atomic E-state index is 0.168. The number of carbonyl (C=O) groups is 2. The molecule has 4 nitrogen and oxygen atoms in total. The minimum Gasteiger partial charge on any atom is -0.467 e. The van der Waals surface area contributed by atoms with E-state index in [0.717, 1.165) is 9.37 Å². The summed E-state index contributed by atoms with van der Waals surface area (Å²) >= 11 is 4.80. The summed E-state index contributed by atoms with van der Waals surface area (Å²) < 4.78 is 5.72. The second kappa shape index (κ2) is 9.10. The third-order valence-electron chi connectivity index (χ3n) is 2.71. The van der Waals surface area contributed by atoms with Crippen molar-refractivity contribution >= 4 is 39.6 Å². The molecule has 0 saturated heterocycles. The van der Waals surface area contributed by atoms with E-state index in [1.54, 1.807) is 0 Å². The molecule has 0 aliphatic heterocycles. The second-order valence-corrected chi connectivity index (χ2v) is 6.98. The number of hydrogen-bond acceptors (Lipinski definition) is 4. The number of esters is 1. The maximum Gasteiger partial charge on any atom is 0.328 e. The van der Waals surface area contributed by atoms with Gasteiger partial charge < -0.3 is 10.1 Å². The SMILES string of the molecule is COC(=O)C(CC(C)C)NC(=O)CSc1ccc(Br)cc1. The van der Waals surface area contributed by atoms with Crippen LogP contribution in [0, 0.1) is 5.92 Å². The predicted octanol–water partition coefficient (Wildman–Crippen LogP) is 3.25. The monoisotopic (exact) mass is 373 g/mol. The number of hydrogen-bond donors (Lipinski definition) is 1. The van der Waals surface area contributed by atoms with Gasteiger partial charge in [-0.2, -0.15) is 0 Å². The zero-order valence-electron chi connectivity index (χ0n) is 12.4. The number of amides is 1. The Labute approximate surface area is 138 Å². The van der Waals surface area contributed by atoms with Crippen molar-refractivity contribution in [3.05, 3.63) is 28.7 Å². The third kappa shape index (κ3) is 7.00. The van der Waals surface area contributed by atoms with Crippen LogP contribution < -0.4 is 5.32 Å². The standard InChI is InChI=1S/C15H20BrNO3S/c1-10(2)8-13(15(19)20-3)17-14(18)9-21-12-6-4-11(16)5-7-12/h4-7,10,13H,8-9H2,1-3H3,(H,17,18). The van der Waals surface area contributed by atoms with Crippen molar-refractivity contribution in [1.29, 1.82) is 0 Å². The Morgan fingerprint density at radius 1 is 1.29 bits per heavy atom. The minimum atomic E-state index is -0.576. The van der Waals surface area contributed by atoms with Gasteiger partial charge in [0.05, 0.1) is 12.9 Å². The highest BCUT2D eigenvalue weighted by atomic mass is 79.9. The van der Waals surface area contributed by atoms with E-state index in [0.29, 0.717) is 12.3 Å². The molecule has 1 unspecified atom stereocenters. The van der Waals surface area contributed by atoms with Gasteiger partial charge in [-0.3, -0.25) is 4.79 Å². The molecule has 0 radical (unpaired) electrons. The smallest absolute Gasteiger partial charge is 0.328 e. The van der Waals surface area contributed by atoms with Gasteiger partial charge >= 0.3 is 5.97 Å². The summed E-state index contributed by atoms with van der Waals surface area (Å²) in [5, 5.41) is 2.74. The first kappa shape index (κ1) is 18.0. The Hall–Kier alpha value is -1.01. The van der Waals surface area contributed by atoms with Gasteiger partial charge in [-0.25, -0.2) is 4.79 Å². The van der Waals surface area contributed by atoms with E-state index in [-0.39, 0.29) is 11.7 Å². The molecule has 6 heteroatoms. The zero-order valence-corrected chi connectivity index (χ0v) is 14.8. The average molecular weight is 374 g/mol. The van der Waals surface area contributed by atoms with Gasteiger partial charge in [0.15, 0.2) is 0 Å². The Balaban J connectivity index is 2.49. The highest BCUT2D eigenvalue weighted by Crippen LogP contribution is 2.20. The Morgan fingerprint density at radius 2 is 1.90 bits per heavy atom. The van der Waals surface area contributed by atoms with E-state index in [2.05, 4.69) is 21.2 Å². The van der Waals surface area contributed by atoms with E-state index in [4.69, 9.17) is 4.74 Å². The molecular formula is C15H20BrNO3S. The summed E-state index contributed by atoms with van der Waals surface area (Å²) in [5.74, 6) is 0.00549. The van der Waals surface area contributed by atoms with Gasteiger partial charge in [-0.05, 0) is 36.6 Å². The number of methoxy groups -OCH3 is 1. The lowest BCUT2D eigenvalue weighted by Crippen LogP contribution is -2.43. The van der Waals surface area contributed by atoms with E-state index >= 15 is 0 Å². The molecule has 1 amide bonds. The second-order valence-electron chi connectivity index (χ2n) is 5.02. The van der Waals surface area contributed by atoms with E-state index in [1.165, 1.54) is 18.9 Å². The maximum atomic E-state index is 11.9. The number of ether oxygens (including phenoxy) is 1. The van der Waals surface area contributed by atoms with Gasteiger partial charge in [0, 0.05) is 9.37 Å². The molecule has 1 rings (SSSR count). The van der Waals surface area contributed by atoms with Crippen molar-refractivity contribution < 1.29 is 14.3 Å². The summed E-state index contributed by atoms with van der Waals surface area (Å²) in [6.45, 7) is 4.00. The molecule has 0 bridgehead atoms. The van der Waals surface area contributed by atoms with Gasteiger partial charge in [0.1, 0.15) is 6.04 Å². The maximum absolute atomic E-state index is 11.9. The van der Waals surface area contributed by atoms with Gasteiger partial charge in [0.25, 0.3) is 0 Å². The van der Waals surface area contributed by atoms with Crippen LogP contribution in [0.1, 0.15) is 20.3 Å². The molecule has 0 fully saturated rings. The Bertz CT molecular complexity index is 476. The molecule has 1 atom stereocenters. The summed E-state index contributed by atoms with van der Waals surface area (Å²) in [5.41, 5.74) is 0. The lowest BCUT2D eigenvalue weighted by Gasteiger charge is -2.18. The average Bonchev–Trinajstić information content (AvgIpc) is 2.44. The fourth-order valence-electron chi connectivity index (χ4n) is 1.74. The normalized spacial score (nSPS) is 12.0. The number of carbonyl (C=O) groups excluding carboxylic acids is 2. The van der Waals surface area contributed by atoms with Gasteiger partial charge in [-0.1, -0.05) is 29.8 Å². The molecule has 116 valence electrons. The van der Waals surface area contributed by atoms with Crippen molar-refractivity contribution in [2.75, 3.05) is 12.9 Å². The van der Waals surface area contributed by atoms with Gasteiger partial charge in [-0.15, -0.1) is 11.8 Å². The number of rotatable bonds is 7. The molecular weight excluding hydrogens is 354 g/mol. The van der Waals surface area contributed by atoms with Gasteiger partial charge in [0.2, 0.25) is 5.91 Å². The molecule has 0 spiro atoms. The highest BCUT2D eigenvalue weighted by Gasteiger charge is 2.22. The van der Waals surface area contributed by atoms with Crippen molar-refractivity contribution in [1.82, 2.24) is 5.32 Å². The Morgan fingerprint density at radius 3 is 2.43 bits per heavy atom. The molecule has 0 saturated carbocycles. The fraction of sp³-hybridized carbons (Fsp3) is 0.467. The van der Waals surface area contributed by atoms with Crippen LogP contribution in [-0.2, 0) is 14.3 Å². The number of thioether (sulfide) groups is 1. The van der Waals surface area contributed by atoms with E-state index in [9.17, 15) is 9.59 Å². The summed E-state index contributed by atoms with van der Waals surface area (Å²) in [4.78, 5) is 24.6. The van der Waals surface area contributed by atoms with Crippen molar-refractivity contribution in [3.8, 4) is 0 Å². The third-order valence-corrected chi connectivity index (χ3v) is 4.25. The number of nitrogens with one attached hydrogen (secondary N) is 1.